The Morgan fingerprint density at radius 1 is 0.833 bits per heavy atom. The average molecular weight is 552 g/mol. The molecule has 36 heavy (non-hydrogen) atoms. The molecule has 6 aromatic rings. The van der Waals surface area contributed by atoms with Crippen LogP contribution in [0, 0.1) is 0 Å². The van der Waals surface area contributed by atoms with Crippen molar-refractivity contribution in [3.05, 3.63) is 107 Å². The number of nitrogens with zero attached hydrogens (tertiary/aromatic N) is 1. The highest BCUT2D eigenvalue weighted by Gasteiger charge is 2.14. The lowest BCUT2D eigenvalue weighted by atomic mass is 10.0. The summed E-state index contributed by atoms with van der Waals surface area (Å²) in [7, 11) is 0. The van der Waals surface area contributed by atoms with Crippen LogP contribution in [0.25, 0.3) is 44.1 Å². The molecule has 0 fully saturated rings. The number of hydrogen-bond acceptors (Lipinski definition) is 4. The van der Waals surface area contributed by atoms with Crippen molar-refractivity contribution < 1.29 is 9.21 Å². The summed E-state index contributed by atoms with van der Waals surface area (Å²) in [5.41, 5.74) is 3.61. The predicted octanol–water partition coefficient (Wildman–Crippen LogP) is 7.69. The molecular formula is C29H18BrN3O2S. The van der Waals surface area contributed by atoms with Gasteiger partial charge in [0, 0.05) is 26.7 Å². The van der Waals surface area contributed by atoms with Gasteiger partial charge >= 0.3 is 0 Å². The second-order valence-electron chi connectivity index (χ2n) is 8.28. The molecule has 0 bridgehead atoms. The van der Waals surface area contributed by atoms with Gasteiger partial charge in [-0.1, -0.05) is 76.6 Å². The number of halogens is 1. The van der Waals surface area contributed by atoms with Gasteiger partial charge in [0.05, 0.1) is 0 Å². The lowest BCUT2D eigenvalue weighted by molar-refractivity contribution is 0.0979. The van der Waals surface area contributed by atoms with E-state index in [4.69, 9.17) is 21.6 Å². The van der Waals surface area contributed by atoms with Crippen LogP contribution in [0.15, 0.2) is 106 Å². The molecule has 7 heteroatoms. The molecule has 0 aliphatic rings. The van der Waals surface area contributed by atoms with Gasteiger partial charge in [-0.15, -0.1) is 0 Å². The number of carbonyl (C=O) groups is 1. The lowest BCUT2D eigenvalue weighted by Crippen LogP contribution is -2.34. The number of nitrogens with one attached hydrogen (secondary N) is 2. The van der Waals surface area contributed by atoms with Crippen LogP contribution in [0.2, 0.25) is 0 Å². The minimum Gasteiger partial charge on any atom is -0.436 e. The van der Waals surface area contributed by atoms with Crippen LogP contribution in [0.5, 0.6) is 0 Å². The number of fused-ring (bicyclic) bond motifs is 4. The molecule has 0 saturated carbocycles. The molecule has 0 spiro atoms. The van der Waals surface area contributed by atoms with Crippen LogP contribution in [0.3, 0.4) is 0 Å². The van der Waals surface area contributed by atoms with Crippen molar-refractivity contribution in [2.24, 2.45) is 0 Å². The quantitative estimate of drug-likeness (QED) is 0.220. The third kappa shape index (κ3) is 4.12. The zero-order chi connectivity index (χ0) is 24.6. The molecule has 0 atom stereocenters. The largest absolute Gasteiger partial charge is 0.436 e. The zero-order valence-electron chi connectivity index (χ0n) is 18.8. The van der Waals surface area contributed by atoms with Crippen LogP contribution in [0.1, 0.15) is 10.4 Å². The minimum atomic E-state index is -0.279. The summed E-state index contributed by atoms with van der Waals surface area (Å²) < 4.78 is 6.98. The molecule has 174 valence electrons. The van der Waals surface area contributed by atoms with Gasteiger partial charge < -0.3 is 9.73 Å². The number of rotatable bonds is 3. The molecule has 0 radical (unpaired) electrons. The summed E-state index contributed by atoms with van der Waals surface area (Å²) >= 11 is 8.98. The highest BCUT2D eigenvalue weighted by molar-refractivity contribution is 9.10. The van der Waals surface area contributed by atoms with Crippen molar-refractivity contribution in [2.45, 2.75) is 0 Å². The Morgan fingerprint density at radius 2 is 1.61 bits per heavy atom. The number of thiocarbonyl (C=S) groups is 1. The number of benzene rings is 5. The van der Waals surface area contributed by atoms with Crippen molar-refractivity contribution in [2.75, 3.05) is 5.32 Å². The molecule has 0 aliphatic heterocycles. The summed E-state index contributed by atoms with van der Waals surface area (Å²) in [6.45, 7) is 0. The van der Waals surface area contributed by atoms with Gasteiger partial charge in [-0.05, 0) is 64.8 Å². The fraction of sp³-hybridized carbons (Fsp3) is 0. The smallest absolute Gasteiger partial charge is 0.258 e. The first kappa shape index (κ1) is 22.4. The Kier molecular flexibility index (Phi) is 5.71. The average Bonchev–Trinajstić information content (AvgIpc) is 3.34. The molecule has 0 unspecified atom stereocenters. The molecule has 5 aromatic carbocycles. The van der Waals surface area contributed by atoms with Gasteiger partial charge in [-0.25, -0.2) is 4.98 Å². The van der Waals surface area contributed by atoms with E-state index in [0.717, 1.165) is 42.7 Å². The van der Waals surface area contributed by atoms with Crippen LogP contribution in [-0.4, -0.2) is 16.0 Å². The summed E-state index contributed by atoms with van der Waals surface area (Å²) in [5.74, 6) is 0.236. The van der Waals surface area contributed by atoms with E-state index in [-0.39, 0.29) is 11.0 Å². The second-order valence-corrected chi connectivity index (χ2v) is 9.54. The van der Waals surface area contributed by atoms with E-state index >= 15 is 0 Å². The summed E-state index contributed by atoms with van der Waals surface area (Å²) in [5, 5.41) is 10.0. The number of hydrogen-bond donors (Lipinski definition) is 2. The fourth-order valence-electron chi connectivity index (χ4n) is 4.32. The zero-order valence-corrected chi connectivity index (χ0v) is 21.2. The monoisotopic (exact) mass is 551 g/mol. The lowest BCUT2D eigenvalue weighted by Gasteiger charge is -2.12. The molecule has 1 heterocycles. The van der Waals surface area contributed by atoms with Crippen LogP contribution in [-0.2, 0) is 0 Å². The molecule has 0 aliphatic carbocycles. The second kappa shape index (κ2) is 9.18. The van der Waals surface area contributed by atoms with Crippen molar-refractivity contribution in [3.63, 3.8) is 0 Å². The van der Waals surface area contributed by atoms with Crippen LogP contribution < -0.4 is 10.6 Å². The van der Waals surface area contributed by atoms with E-state index in [0.29, 0.717) is 17.1 Å². The Labute approximate surface area is 220 Å². The number of oxazole rings is 1. The third-order valence-electron chi connectivity index (χ3n) is 5.99. The van der Waals surface area contributed by atoms with Crippen molar-refractivity contribution in [1.29, 1.82) is 0 Å². The van der Waals surface area contributed by atoms with Gasteiger partial charge in [0.2, 0.25) is 5.89 Å². The fourth-order valence-corrected chi connectivity index (χ4v) is 5.03. The highest BCUT2D eigenvalue weighted by atomic mass is 79.9. The standard InChI is InChI=1S/C29H18BrN3O2S/c30-24-13-5-10-21-22(24)11-4-12-23(21)27(34)33-29(36)31-19-8-3-7-18(16-19)28-32-26-20-9-2-1-6-17(20)14-15-25(26)35-28/h1-16H,(H2,31,33,34,36). The van der Waals surface area contributed by atoms with E-state index in [1.54, 1.807) is 6.07 Å². The van der Waals surface area contributed by atoms with Crippen molar-refractivity contribution in [3.8, 4) is 11.5 Å². The SMILES string of the molecule is O=C(NC(=S)Nc1cccc(-c2nc3c(ccc4ccccc43)o2)c1)c1cccc2c(Br)cccc12. The molecular weight excluding hydrogens is 534 g/mol. The first-order valence-electron chi connectivity index (χ1n) is 11.3. The normalized spacial score (nSPS) is 11.1. The van der Waals surface area contributed by atoms with Crippen molar-refractivity contribution >= 4 is 77.5 Å². The third-order valence-corrected chi connectivity index (χ3v) is 6.89. The molecule has 1 aromatic heterocycles. The number of carbonyl (C=O) groups excluding carboxylic acids is 1. The van der Waals surface area contributed by atoms with E-state index in [1.165, 1.54) is 0 Å². The summed E-state index contributed by atoms with van der Waals surface area (Å²) in [4.78, 5) is 17.7. The molecule has 6 rings (SSSR count). The minimum absolute atomic E-state index is 0.202. The maximum absolute atomic E-state index is 13.0. The number of aromatic nitrogens is 1. The summed E-state index contributed by atoms with van der Waals surface area (Å²) in [6, 6.07) is 31.0. The molecule has 0 saturated heterocycles. The maximum atomic E-state index is 13.0. The topological polar surface area (TPSA) is 67.2 Å². The van der Waals surface area contributed by atoms with Gasteiger partial charge in [0.25, 0.3) is 5.91 Å². The van der Waals surface area contributed by atoms with Crippen LogP contribution in [0.4, 0.5) is 5.69 Å². The predicted molar refractivity (Wildman–Crippen MR) is 152 cm³/mol. The van der Waals surface area contributed by atoms with Crippen molar-refractivity contribution in [1.82, 2.24) is 10.3 Å². The van der Waals surface area contributed by atoms with Gasteiger partial charge in [-0.3, -0.25) is 10.1 Å². The summed E-state index contributed by atoms with van der Waals surface area (Å²) in [6.07, 6.45) is 0. The van der Waals surface area contributed by atoms with E-state index in [1.807, 2.05) is 84.9 Å². The molecule has 2 N–H and O–H groups in total. The Hall–Kier alpha value is -4.07. The number of amides is 1. The molecule has 1 amide bonds. The first-order chi connectivity index (χ1) is 17.6. The Morgan fingerprint density at radius 3 is 2.53 bits per heavy atom. The Balaban J connectivity index is 1.24. The van der Waals surface area contributed by atoms with E-state index in [2.05, 4.69) is 32.6 Å². The Bertz CT molecular complexity index is 1810. The highest BCUT2D eigenvalue weighted by Crippen LogP contribution is 2.31. The maximum Gasteiger partial charge on any atom is 0.258 e. The van der Waals surface area contributed by atoms with Crippen LogP contribution >= 0.6 is 28.1 Å². The number of anilines is 1. The first-order valence-corrected chi connectivity index (χ1v) is 12.5. The van der Waals surface area contributed by atoms with E-state index in [9.17, 15) is 4.79 Å². The van der Waals surface area contributed by atoms with Gasteiger partial charge in [0.15, 0.2) is 10.7 Å². The molecule has 5 nitrogen and oxygen atoms in total. The van der Waals surface area contributed by atoms with Gasteiger partial charge in [-0.2, -0.15) is 0 Å². The van der Waals surface area contributed by atoms with E-state index < -0.39 is 0 Å². The van der Waals surface area contributed by atoms with Gasteiger partial charge in [0.1, 0.15) is 5.52 Å².